The summed E-state index contributed by atoms with van der Waals surface area (Å²) in [5.41, 5.74) is 0. The van der Waals surface area contributed by atoms with Gasteiger partial charge < -0.3 is 10.1 Å². The molecule has 0 bridgehead atoms. The van der Waals surface area contributed by atoms with Gasteiger partial charge in [-0.1, -0.05) is 83.8 Å². The van der Waals surface area contributed by atoms with E-state index in [1.165, 1.54) is 83.5 Å². The number of esters is 1. The average Bonchev–Trinajstić information content (AvgIpc) is 2.78. The molecule has 0 aromatic rings. The van der Waals surface area contributed by atoms with Crippen molar-refractivity contribution >= 4 is 11.9 Å². The third kappa shape index (κ3) is 24.9. The van der Waals surface area contributed by atoms with E-state index in [9.17, 15) is 9.59 Å². The number of nitrogens with one attached hydrogen (secondary N) is 1. The van der Waals surface area contributed by atoms with E-state index in [2.05, 4.69) is 24.4 Å². The standard InChI is InChI=1S/C28H53NO3/c1-3-5-6-7-8-9-10-11-12-13-14-15-16-17-18-21-25-29-27(30)24-20-19-22-26-32-28(31)23-4-2/h11-12H,3-10,13-26H2,1-2H3,(H,29,30)/b12-11-. The highest BCUT2D eigenvalue weighted by Gasteiger charge is 2.02. The second-order valence-electron chi connectivity index (χ2n) is 9.07. The van der Waals surface area contributed by atoms with Crippen LogP contribution >= 0.6 is 0 Å². The maximum Gasteiger partial charge on any atom is 0.305 e. The average molecular weight is 452 g/mol. The van der Waals surface area contributed by atoms with E-state index in [1.807, 2.05) is 6.92 Å². The Kier molecular flexibility index (Phi) is 24.9. The number of unbranched alkanes of at least 4 members (excludes halogenated alkanes) is 14. The van der Waals surface area contributed by atoms with Crippen LogP contribution in [-0.2, 0) is 14.3 Å². The maximum absolute atomic E-state index is 11.8. The minimum atomic E-state index is -0.110. The van der Waals surface area contributed by atoms with Crippen LogP contribution in [0.3, 0.4) is 0 Å². The fourth-order valence-electron chi connectivity index (χ4n) is 3.72. The van der Waals surface area contributed by atoms with Gasteiger partial charge in [-0.25, -0.2) is 0 Å². The number of hydrogen-bond donors (Lipinski definition) is 1. The number of amides is 1. The molecule has 0 spiro atoms. The number of carbonyl (C=O) groups is 2. The summed E-state index contributed by atoms with van der Waals surface area (Å²) in [6, 6.07) is 0. The number of carbonyl (C=O) groups excluding carboxylic acids is 2. The van der Waals surface area contributed by atoms with Crippen LogP contribution in [0.4, 0.5) is 0 Å². The summed E-state index contributed by atoms with van der Waals surface area (Å²) >= 11 is 0. The Morgan fingerprint density at radius 3 is 1.81 bits per heavy atom. The monoisotopic (exact) mass is 451 g/mol. The van der Waals surface area contributed by atoms with E-state index < -0.39 is 0 Å². The zero-order valence-corrected chi connectivity index (χ0v) is 21.4. The zero-order valence-electron chi connectivity index (χ0n) is 21.4. The third-order valence-electron chi connectivity index (χ3n) is 5.78. The predicted octanol–water partition coefficient (Wildman–Crippen LogP) is 8.04. The summed E-state index contributed by atoms with van der Waals surface area (Å²) < 4.78 is 5.11. The summed E-state index contributed by atoms with van der Waals surface area (Å²) in [6.07, 6.45) is 27.6. The fourth-order valence-corrected chi connectivity index (χ4v) is 3.72. The van der Waals surface area contributed by atoms with Gasteiger partial charge in [0, 0.05) is 19.4 Å². The topological polar surface area (TPSA) is 55.4 Å². The molecule has 1 N–H and O–H groups in total. The van der Waals surface area contributed by atoms with Crippen LogP contribution in [0.2, 0.25) is 0 Å². The molecule has 0 heterocycles. The Morgan fingerprint density at radius 2 is 1.19 bits per heavy atom. The van der Waals surface area contributed by atoms with Crippen molar-refractivity contribution in [3.8, 4) is 0 Å². The van der Waals surface area contributed by atoms with Crippen molar-refractivity contribution in [3.05, 3.63) is 12.2 Å². The van der Waals surface area contributed by atoms with Crippen molar-refractivity contribution < 1.29 is 14.3 Å². The van der Waals surface area contributed by atoms with Gasteiger partial charge in [0.15, 0.2) is 0 Å². The first kappa shape index (κ1) is 30.7. The predicted molar refractivity (Wildman–Crippen MR) is 137 cm³/mol. The third-order valence-corrected chi connectivity index (χ3v) is 5.78. The summed E-state index contributed by atoms with van der Waals surface area (Å²) in [4.78, 5) is 23.1. The molecule has 188 valence electrons. The lowest BCUT2D eigenvalue weighted by Gasteiger charge is -2.06. The van der Waals surface area contributed by atoms with Crippen molar-refractivity contribution in [2.45, 2.75) is 142 Å². The van der Waals surface area contributed by atoms with Gasteiger partial charge >= 0.3 is 5.97 Å². The van der Waals surface area contributed by atoms with E-state index in [0.29, 0.717) is 19.4 Å². The molecule has 0 aliphatic rings. The SMILES string of the molecule is CCCCCCCC/C=C\CCCCCCCCNC(=O)CCCCCOC(=O)CCC. The van der Waals surface area contributed by atoms with Gasteiger partial charge in [-0.3, -0.25) is 9.59 Å². The smallest absolute Gasteiger partial charge is 0.305 e. The zero-order chi connectivity index (χ0) is 23.5. The molecule has 0 aromatic heterocycles. The lowest BCUT2D eigenvalue weighted by Crippen LogP contribution is -2.24. The lowest BCUT2D eigenvalue weighted by atomic mass is 10.1. The van der Waals surface area contributed by atoms with E-state index in [1.54, 1.807) is 0 Å². The highest BCUT2D eigenvalue weighted by atomic mass is 16.5. The van der Waals surface area contributed by atoms with Gasteiger partial charge in [0.25, 0.3) is 0 Å². The largest absolute Gasteiger partial charge is 0.466 e. The van der Waals surface area contributed by atoms with E-state index in [-0.39, 0.29) is 11.9 Å². The summed E-state index contributed by atoms with van der Waals surface area (Å²) in [5.74, 6) is 0.0432. The highest BCUT2D eigenvalue weighted by molar-refractivity contribution is 5.75. The van der Waals surface area contributed by atoms with Crippen molar-refractivity contribution in [2.24, 2.45) is 0 Å². The lowest BCUT2D eigenvalue weighted by molar-refractivity contribution is -0.143. The Morgan fingerprint density at radius 1 is 0.625 bits per heavy atom. The molecule has 4 heteroatoms. The molecule has 0 aliphatic carbocycles. The fraction of sp³-hybridized carbons (Fsp3) is 0.857. The summed E-state index contributed by atoms with van der Waals surface area (Å²) in [5, 5.41) is 3.02. The molecular weight excluding hydrogens is 398 g/mol. The molecule has 0 fully saturated rings. The van der Waals surface area contributed by atoms with Crippen LogP contribution < -0.4 is 5.32 Å². The molecule has 0 saturated carbocycles. The number of hydrogen-bond acceptors (Lipinski definition) is 3. The van der Waals surface area contributed by atoms with E-state index in [0.717, 1.165) is 38.6 Å². The van der Waals surface area contributed by atoms with Crippen LogP contribution in [-0.4, -0.2) is 25.0 Å². The van der Waals surface area contributed by atoms with Crippen LogP contribution in [0.25, 0.3) is 0 Å². The van der Waals surface area contributed by atoms with Crippen molar-refractivity contribution in [3.63, 3.8) is 0 Å². The molecule has 1 amide bonds. The molecule has 0 radical (unpaired) electrons. The maximum atomic E-state index is 11.8. The molecule has 0 saturated heterocycles. The Balaban J connectivity index is 3.24. The molecule has 4 nitrogen and oxygen atoms in total. The first-order chi connectivity index (χ1) is 15.7. The molecule has 0 aliphatic heterocycles. The quantitative estimate of drug-likeness (QED) is 0.0917. The molecule has 0 atom stereocenters. The molecule has 32 heavy (non-hydrogen) atoms. The van der Waals surface area contributed by atoms with Crippen LogP contribution in [0, 0.1) is 0 Å². The van der Waals surface area contributed by atoms with Gasteiger partial charge in [-0.15, -0.1) is 0 Å². The Hall–Kier alpha value is -1.32. The van der Waals surface area contributed by atoms with Gasteiger partial charge in [-0.2, -0.15) is 0 Å². The molecule has 0 rings (SSSR count). The van der Waals surface area contributed by atoms with Gasteiger partial charge in [-0.05, 0) is 57.8 Å². The van der Waals surface area contributed by atoms with E-state index >= 15 is 0 Å². The minimum Gasteiger partial charge on any atom is -0.466 e. The molecule has 0 aromatic carbocycles. The summed E-state index contributed by atoms with van der Waals surface area (Å²) in [7, 11) is 0. The van der Waals surface area contributed by atoms with Crippen molar-refractivity contribution in [2.75, 3.05) is 13.2 Å². The van der Waals surface area contributed by atoms with Crippen LogP contribution in [0.5, 0.6) is 0 Å². The second kappa shape index (κ2) is 25.9. The number of rotatable bonds is 24. The van der Waals surface area contributed by atoms with Crippen molar-refractivity contribution in [1.29, 1.82) is 0 Å². The first-order valence-corrected chi connectivity index (χ1v) is 13.8. The van der Waals surface area contributed by atoms with Crippen LogP contribution in [0.15, 0.2) is 12.2 Å². The normalized spacial score (nSPS) is 11.2. The molecular formula is C28H53NO3. The van der Waals surface area contributed by atoms with E-state index in [4.69, 9.17) is 4.74 Å². The Labute approximate surface area is 199 Å². The number of allylic oxidation sites excluding steroid dienone is 2. The Bertz CT molecular complexity index is 448. The second-order valence-corrected chi connectivity index (χ2v) is 9.07. The molecule has 0 unspecified atom stereocenters. The van der Waals surface area contributed by atoms with Gasteiger partial charge in [0.05, 0.1) is 6.61 Å². The number of ether oxygens (including phenoxy) is 1. The van der Waals surface area contributed by atoms with Gasteiger partial charge in [0.1, 0.15) is 0 Å². The van der Waals surface area contributed by atoms with Crippen LogP contribution in [0.1, 0.15) is 142 Å². The highest BCUT2D eigenvalue weighted by Crippen LogP contribution is 2.10. The van der Waals surface area contributed by atoms with Gasteiger partial charge in [0.2, 0.25) is 5.91 Å². The van der Waals surface area contributed by atoms with Crippen molar-refractivity contribution in [1.82, 2.24) is 5.32 Å². The summed E-state index contributed by atoms with van der Waals surface area (Å²) in [6.45, 7) is 5.52. The minimum absolute atomic E-state index is 0.110. The first-order valence-electron chi connectivity index (χ1n) is 13.8.